The second kappa shape index (κ2) is 7.35. The Balaban J connectivity index is 0. The Morgan fingerprint density at radius 2 is 1.64 bits per heavy atom. The van der Waals surface area contributed by atoms with E-state index in [4.69, 9.17) is 0 Å². The first-order valence-electron chi connectivity index (χ1n) is 2.57. The van der Waals surface area contributed by atoms with Gasteiger partial charge in [0, 0.05) is 0 Å². The summed E-state index contributed by atoms with van der Waals surface area (Å²) in [6.45, 7) is 0. The number of carboxylic acids is 1. The maximum atomic E-state index is 10.1. The Bertz CT molecular complexity index is 211. The predicted molar refractivity (Wildman–Crippen MR) is 37.9 cm³/mol. The molecule has 1 aromatic rings. The molecule has 0 aliphatic heterocycles. The van der Waals surface area contributed by atoms with Crippen molar-refractivity contribution in [2.75, 3.05) is 0 Å². The molecule has 2 nitrogen and oxygen atoms in total. The molecule has 0 fully saturated rings. The van der Waals surface area contributed by atoms with Crippen molar-refractivity contribution in [3.05, 3.63) is 35.9 Å². The van der Waals surface area contributed by atoms with Crippen LogP contribution in [0.3, 0.4) is 0 Å². The van der Waals surface area contributed by atoms with Gasteiger partial charge >= 0.3 is 59.1 Å². The van der Waals surface area contributed by atoms with Crippen LogP contribution in [-0.2, 0) is 0 Å². The van der Waals surface area contributed by atoms with Crippen LogP contribution in [0.25, 0.3) is 0 Å². The number of hydrogen-bond acceptors (Lipinski definition) is 2. The zero-order valence-electron chi connectivity index (χ0n) is 5.70. The molecule has 0 unspecified atom stereocenters. The summed E-state index contributed by atoms with van der Waals surface area (Å²) >= 11 is 0. The molecule has 0 aromatic heterocycles. The Hall–Kier alpha value is 0.690. The van der Waals surface area contributed by atoms with E-state index in [9.17, 15) is 9.90 Å². The molecule has 0 saturated heterocycles. The fraction of sp³-hybridized carbons (Fsp3) is 0. The molecular weight excluding hydrogens is 162 g/mol. The van der Waals surface area contributed by atoms with Gasteiger partial charge in [0.05, 0.1) is 5.97 Å². The van der Waals surface area contributed by atoms with E-state index in [1.54, 1.807) is 18.2 Å². The van der Waals surface area contributed by atoms with Crippen molar-refractivity contribution in [2.24, 2.45) is 0 Å². The van der Waals surface area contributed by atoms with Crippen LogP contribution in [0.4, 0.5) is 0 Å². The fourth-order valence-electron chi connectivity index (χ4n) is 0.574. The van der Waals surface area contributed by atoms with E-state index < -0.39 is 5.97 Å². The molecule has 0 radical (unpaired) electrons. The van der Waals surface area contributed by atoms with E-state index in [1.807, 2.05) is 0 Å². The third kappa shape index (κ3) is 5.01. The van der Waals surface area contributed by atoms with Crippen molar-refractivity contribution in [1.29, 1.82) is 0 Å². The molecule has 1 rings (SSSR count). The van der Waals surface area contributed by atoms with Gasteiger partial charge in [-0.1, -0.05) is 30.3 Å². The molecular formula is C7H6Na2O2. The van der Waals surface area contributed by atoms with Crippen LogP contribution in [0.15, 0.2) is 30.3 Å². The summed E-state index contributed by atoms with van der Waals surface area (Å²) in [6.07, 6.45) is 0. The number of carbonyl (C=O) groups is 1. The summed E-state index contributed by atoms with van der Waals surface area (Å²) in [4.78, 5) is 10.1. The molecule has 0 bridgehead atoms. The molecule has 0 heterocycles. The number of carbonyl (C=O) groups excluding carboxylic acids is 1. The van der Waals surface area contributed by atoms with Gasteiger partial charge in [-0.15, -0.1) is 0 Å². The normalized spacial score (nSPS) is 7.27. The molecule has 0 aliphatic carbocycles. The first kappa shape index (κ1) is 14.2. The third-order valence-electron chi connectivity index (χ3n) is 1.01. The SMILES string of the molecule is O=C([O-])c1ccccc1.[Na+].[NaH]. The van der Waals surface area contributed by atoms with Gasteiger partial charge in [-0.25, -0.2) is 0 Å². The van der Waals surface area contributed by atoms with Crippen LogP contribution < -0.4 is 34.7 Å². The van der Waals surface area contributed by atoms with Crippen molar-refractivity contribution >= 4 is 35.5 Å². The van der Waals surface area contributed by atoms with E-state index in [0.29, 0.717) is 0 Å². The summed E-state index contributed by atoms with van der Waals surface area (Å²) in [7, 11) is 0. The second-order valence-corrected chi connectivity index (χ2v) is 1.65. The van der Waals surface area contributed by atoms with Gasteiger partial charge in [0.15, 0.2) is 0 Å². The first-order valence-corrected chi connectivity index (χ1v) is 2.57. The molecule has 0 spiro atoms. The van der Waals surface area contributed by atoms with Crippen LogP contribution in [0, 0.1) is 0 Å². The predicted octanol–water partition coefficient (Wildman–Crippen LogP) is -3.59. The minimum atomic E-state index is -1.13. The monoisotopic (exact) mass is 168 g/mol. The van der Waals surface area contributed by atoms with Crippen LogP contribution in [0.1, 0.15) is 10.4 Å². The molecule has 0 N–H and O–H groups in total. The van der Waals surface area contributed by atoms with Gasteiger partial charge in [0.2, 0.25) is 0 Å². The van der Waals surface area contributed by atoms with E-state index in [0.717, 1.165) is 0 Å². The van der Waals surface area contributed by atoms with Gasteiger partial charge in [-0.05, 0) is 5.56 Å². The quantitative estimate of drug-likeness (QED) is 0.406. The topological polar surface area (TPSA) is 40.1 Å². The average Bonchev–Trinajstić information content (AvgIpc) is 1.90. The zero-order chi connectivity index (χ0) is 6.69. The molecule has 1 aromatic carbocycles. The van der Waals surface area contributed by atoms with Gasteiger partial charge in [0.1, 0.15) is 0 Å². The number of aromatic carboxylic acids is 1. The van der Waals surface area contributed by atoms with Crippen molar-refractivity contribution in [2.45, 2.75) is 0 Å². The number of carboxylic acid groups (broad SMARTS) is 1. The van der Waals surface area contributed by atoms with E-state index >= 15 is 0 Å². The fourth-order valence-corrected chi connectivity index (χ4v) is 0.574. The molecule has 4 heteroatoms. The van der Waals surface area contributed by atoms with Crippen LogP contribution in [0.2, 0.25) is 0 Å². The number of hydrogen-bond donors (Lipinski definition) is 0. The van der Waals surface area contributed by atoms with E-state index in [1.165, 1.54) is 12.1 Å². The van der Waals surface area contributed by atoms with Crippen molar-refractivity contribution < 1.29 is 39.5 Å². The standard InChI is InChI=1S/C7H6O2.2Na.H/c8-7(9)6-4-2-1-3-5-6;;;/h1-5H,(H,8,9);;;/q;;+1;/p-1. The van der Waals surface area contributed by atoms with Gasteiger partial charge < -0.3 is 9.90 Å². The van der Waals surface area contributed by atoms with Crippen molar-refractivity contribution in [1.82, 2.24) is 0 Å². The van der Waals surface area contributed by atoms with Crippen molar-refractivity contribution in [3.8, 4) is 0 Å². The summed E-state index contributed by atoms with van der Waals surface area (Å²) in [5, 5.41) is 10.1. The Labute approximate surface area is 110 Å². The Morgan fingerprint density at radius 3 is 1.91 bits per heavy atom. The average molecular weight is 168 g/mol. The van der Waals surface area contributed by atoms with Crippen LogP contribution >= 0.6 is 0 Å². The summed E-state index contributed by atoms with van der Waals surface area (Å²) in [6, 6.07) is 8.06. The van der Waals surface area contributed by atoms with Gasteiger partial charge in [-0.2, -0.15) is 0 Å². The van der Waals surface area contributed by atoms with Crippen LogP contribution in [-0.4, -0.2) is 35.5 Å². The third-order valence-corrected chi connectivity index (χ3v) is 1.01. The Morgan fingerprint density at radius 1 is 1.18 bits per heavy atom. The molecule has 0 atom stereocenters. The summed E-state index contributed by atoms with van der Waals surface area (Å²) < 4.78 is 0. The van der Waals surface area contributed by atoms with Crippen LogP contribution in [0.5, 0.6) is 0 Å². The van der Waals surface area contributed by atoms with E-state index in [2.05, 4.69) is 0 Å². The summed E-state index contributed by atoms with van der Waals surface area (Å²) in [5.74, 6) is -1.13. The molecule has 0 aliphatic rings. The van der Waals surface area contributed by atoms with Gasteiger partial charge in [-0.3, -0.25) is 0 Å². The first-order chi connectivity index (χ1) is 4.30. The van der Waals surface area contributed by atoms with E-state index in [-0.39, 0.29) is 64.7 Å². The molecule has 48 valence electrons. The van der Waals surface area contributed by atoms with Crippen molar-refractivity contribution in [3.63, 3.8) is 0 Å². The number of rotatable bonds is 1. The van der Waals surface area contributed by atoms with Gasteiger partial charge in [0.25, 0.3) is 0 Å². The zero-order valence-corrected chi connectivity index (χ0v) is 7.70. The Kier molecular flexibility index (Phi) is 9.50. The minimum absolute atomic E-state index is 0. The summed E-state index contributed by atoms with van der Waals surface area (Å²) in [5.41, 5.74) is 0.220. The molecule has 0 saturated carbocycles. The second-order valence-electron chi connectivity index (χ2n) is 1.65. The maximum absolute atomic E-state index is 10.1. The number of benzene rings is 1. The molecule has 11 heavy (non-hydrogen) atoms. The molecule has 0 amide bonds.